The number of hydrogen-bond acceptors (Lipinski definition) is 4. The molecule has 150 valence electrons. The van der Waals surface area contributed by atoms with Gasteiger partial charge in [-0.2, -0.15) is 13.2 Å². The van der Waals surface area contributed by atoms with E-state index in [2.05, 4.69) is 10.6 Å². The molecule has 0 atom stereocenters. The van der Waals surface area contributed by atoms with E-state index < -0.39 is 17.7 Å². The fraction of sp³-hybridized carbons (Fsp3) is 0.368. The number of nitrogens with one attached hydrogen (secondary N) is 2. The number of esters is 1. The molecule has 2 aromatic rings. The number of anilines is 2. The number of methoxy groups -OCH3 is 1. The SMILES string of the molecule is COC(=O)c1c(NC(=S)Nc2ccccc2C(F)(F)F)sc2c1CCCCC2. The molecule has 0 bridgehead atoms. The van der Waals surface area contributed by atoms with Gasteiger partial charge in [0.2, 0.25) is 0 Å². The van der Waals surface area contributed by atoms with Crippen LogP contribution in [0.5, 0.6) is 0 Å². The molecule has 4 nitrogen and oxygen atoms in total. The van der Waals surface area contributed by atoms with E-state index in [9.17, 15) is 18.0 Å². The standard InChI is InChI=1S/C19H19F3N2O2S2/c1-26-17(25)15-11-7-3-2-4-10-14(11)28-16(15)24-18(27)23-13-9-6-5-8-12(13)19(20,21)22/h5-6,8-9H,2-4,7,10H2,1H3,(H2,23,24,27). The molecule has 0 fully saturated rings. The zero-order valence-corrected chi connectivity index (χ0v) is 16.7. The first-order valence-corrected chi connectivity index (χ1v) is 10.0. The molecule has 1 heterocycles. The van der Waals surface area contributed by atoms with Gasteiger partial charge in [-0.1, -0.05) is 18.6 Å². The van der Waals surface area contributed by atoms with Gasteiger partial charge in [0.1, 0.15) is 5.00 Å². The number of para-hydroxylation sites is 1. The maximum absolute atomic E-state index is 13.2. The summed E-state index contributed by atoms with van der Waals surface area (Å²) in [7, 11) is 1.31. The number of alkyl halides is 3. The highest BCUT2D eigenvalue weighted by atomic mass is 32.1. The number of halogens is 3. The Kier molecular flexibility index (Phi) is 6.24. The Hall–Kier alpha value is -2.13. The van der Waals surface area contributed by atoms with Crippen LogP contribution in [0.2, 0.25) is 0 Å². The lowest BCUT2D eigenvalue weighted by Crippen LogP contribution is -2.22. The van der Waals surface area contributed by atoms with Crippen molar-refractivity contribution in [1.82, 2.24) is 0 Å². The predicted molar refractivity (Wildman–Crippen MR) is 108 cm³/mol. The van der Waals surface area contributed by atoms with Crippen molar-refractivity contribution in [1.29, 1.82) is 0 Å². The minimum atomic E-state index is -4.50. The Morgan fingerprint density at radius 1 is 1.14 bits per heavy atom. The molecule has 0 saturated carbocycles. The topological polar surface area (TPSA) is 50.4 Å². The molecule has 0 spiro atoms. The molecule has 0 aliphatic heterocycles. The van der Waals surface area contributed by atoms with Crippen molar-refractivity contribution in [2.75, 3.05) is 17.7 Å². The van der Waals surface area contributed by atoms with Crippen molar-refractivity contribution >= 4 is 45.3 Å². The molecular formula is C19H19F3N2O2S2. The average molecular weight is 429 g/mol. The monoisotopic (exact) mass is 428 g/mol. The van der Waals surface area contributed by atoms with Crippen LogP contribution in [0.1, 0.15) is 45.6 Å². The van der Waals surface area contributed by atoms with Gasteiger partial charge in [-0.25, -0.2) is 4.79 Å². The second-order valence-electron chi connectivity index (χ2n) is 6.38. The maximum atomic E-state index is 13.2. The molecule has 0 unspecified atom stereocenters. The van der Waals surface area contributed by atoms with Crippen molar-refractivity contribution in [3.05, 3.63) is 45.8 Å². The Labute approximate surface area is 170 Å². The van der Waals surface area contributed by atoms with Crippen molar-refractivity contribution in [2.24, 2.45) is 0 Å². The lowest BCUT2D eigenvalue weighted by atomic mass is 10.1. The van der Waals surface area contributed by atoms with Gasteiger partial charge < -0.3 is 15.4 Å². The van der Waals surface area contributed by atoms with E-state index in [0.717, 1.165) is 48.6 Å². The lowest BCUT2D eigenvalue weighted by molar-refractivity contribution is -0.136. The molecule has 1 aliphatic rings. The van der Waals surface area contributed by atoms with Gasteiger partial charge in [0, 0.05) is 4.88 Å². The van der Waals surface area contributed by atoms with E-state index >= 15 is 0 Å². The zero-order valence-electron chi connectivity index (χ0n) is 15.1. The summed E-state index contributed by atoms with van der Waals surface area (Å²) in [5.74, 6) is -0.472. The Bertz CT molecular complexity index is 894. The van der Waals surface area contributed by atoms with Crippen molar-refractivity contribution in [2.45, 2.75) is 38.3 Å². The van der Waals surface area contributed by atoms with Crippen molar-refractivity contribution < 1.29 is 22.7 Å². The molecule has 3 rings (SSSR count). The normalized spacial score (nSPS) is 14.0. The number of carbonyl (C=O) groups is 1. The van der Waals surface area contributed by atoms with E-state index in [4.69, 9.17) is 17.0 Å². The zero-order chi connectivity index (χ0) is 20.3. The molecular weight excluding hydrogens is 409 g/mol. The summed E-state index contributed by atoms with van der Waals surface area (Å²) < 4.78 is 44.4. The summed E-state index contributed by atoms with van der Waals surface area (Å²) in [4.78, 5) is 13.4. The van der Waals surface area contributed by atoms with E-state index in [1.54, 1.807) is 0 Å². The molecule has 0 radical (unpaired) electrons. The van der Waals surface area contributed by atoms with Gasteiger partial charge >= 0.3 is 12.1 Å². The summed E-state index contributed by atoms with van der Waals surface area (Å²) in [5, 5.41) is 5.98. The largest absolute Gasteiger partial charge is 0.465 e. The maximum Gasteiger partial charge on any atom is 0.418 e. The quantitative estimate of drug-likeness (QED) is 0.377. The average Bonchev–Trinajstić information content (AvgIpc) is 2.81. The fourth-order valence-electron chi connectivity index (χ4n) is 3.24. The van der Waals surface area contributed by atoms with Crippen LogP contribution in [0, 0.1) is 0 Å². The highest BCUT2D eigenvalue weighted by molar-refractivity contribution is 7.80. The first-order chi connectivity index (χ1) is 13.3. The predicted octanol–water partition coefficient (Wildman–Crippen LogP) is 5.63. The van der Waals surface area contributed by atoms with Gasteiger partial charge in [-0.15, -0.1) is 11.3 Å². The molecule has 9 heteroatoms. The van der Waals surface area contributed by atoms with Crippen LogP contribution in [0.4, 0.5) is 23.9 Å². The van der Waals surface area contributed by atoms with E-state index in [1.807, 2.05) is 0 Å². The van der Waals surface area contributed by atoms with Gasteiger partial charge in [-0.05, 0) is 55.6 Å². The number of thiophene rings is 1. The van der Waals surface area contributed by atoms with Crippen LogP contribution in [-0.4, -0.2) is 18.2 Å². The third kappa shape index (κ3) is 4.47. The summed E-state index contributed by atoms with van der Waals surface area (Å²) in [6, 6.07) is 5.10. The number of hydrogen-bond donors (Lipinski definition) is 2. The summed E-state index contributed by atoms with van der Waals surface area (Å²) in [6.07, 6.45) is 0.248. The number of benzene rings is 1. The number of rotatable bonds is 3. The van der Waals surface area contributed by atoms with Gasteiger partial charge in [0.25, 0.3) is 0 Å². The second kappa shape index (κ2) is 8.48. The van der Waals surface area contributed by atoms with E-state index in [1.165, 1.54) is 36.6 Å². The highest BCUT2D eigenvalue weighted by Gasteiger charge is 2.33. The van der Waals surface area contributed by atoms with E-state index in [-0.39, 0.29) is 10.8 Å². The number of thiocarbonyl (C=S) groups is 1. The molecule has 2 N–H and O–H groups in total. The Balaban J connectivity index is 1.86. The fourth-order valence-corrected chi connectivity index (χ4v) is 4.80. The van der Waals surface area contributed by atoms with Crippen LogP contribution >= 0.6 is 23.6 Å². The first kappa shape index (κ1) is 20.6. The molecule has 28 heavy (non-hydrogen) atoms. The minimum Gasteiger partial charge on any atom is -0.465 e. The summed E-state index contributed by atoms with van der Waals surface area (Å²) in [6.45, 7) is 0. The molecule has 1 aromatic carbocycles. The van der Waals surface area contributed by atoms with E-state index in [0.29, 0.717) is 10.6 Å². The van der Waals surface area contributed by atoms with Crippen LogP contribution in [0.25, 0.3) is 0 Å². The van der Waals surface area contributed by atoms with Crippen molar-refractivity contribution in [3.8, 4) is 0 Å². The Morgan fingerprint density at radius 3 is 2.57 bits per heavy atom. The van der Waals surface area contributed by atoms with Gasteiger partial charge in [0.15, 0.2) is 5.11 Å². The van der Waals surface area contributed by atoms with Crippen LogP contribution in [0.15, 0.2) is 24.3 Å². The lowest BCUT2D eigenvalue weighted by Gasteiger charge is -2.15. The second-order valence-corrected chi connectivity index (χ2v) is 7.90. The number of aryl methyl sites for hydroxylation is 1. The van der Waals surface area contributed by atoms with Gasteiger partial charge in [0.05, 0.1) is 23.9 Å². The summed E-state index contributed by atoms with van der Waals surface area (Å²) in [5.41, 5.74) is 0.424. The smallest absolute Gasteiger partial charge is 0.418 e. The van der Waals surface area contributed by atoms with Crippen LogP contribution in [-0.2, 0) is 23.8 Å². The molecule has 1 aliphatic carbocycles. The number of fused-ring (bicyclic) bond motifs is 1. The van der Waals surface area contributed by atoms with Crippen LogP contribution in [0.3, 0.4) is 0 Å². The van der Waals surface area contributed by atoms with Gasteiger partial charge in [-0.3, -0.25) is 0 Å². The highest BCUT2D eigenvalue weighted by Crippen LogP contribution is 2.38. The van der Waals surface area contributed by atoms with Crippen LogP contribution < -0.4 is 10.6 Å². The van der Waals surface area contributed by atoms with Crippen molar-refractivity contribution in [3.63, 3.8) is 0 Å². The summed E-state index contributed by atoms with van der Waals surface area (Å²) >= 11 is 6.62. The first-order valence-electron chi connectivity index (χ1n) is 8.78. The molecule has 0 saturated heterocycles. The minimum absolute atomic E-state index is 0.0155. The number of carbonyl (C=O) groups excluding carboxylic acids is 1. The Morgan fingerprint density at radius 2 is 1.86 bits per heavy atom. The molecule has 1 aromatic heterocycles. The third-order valence-electron chi connectivity index (χ3n) is 4.52. The third-order valence-corrected chi connectivity index (χ3v) is 5.93. The molecule has 0 amide bonds. The number of ether oxygens (including phenoxy) is 1.